The first-order valence-electron chi connectivity index (χ1n) is 7.64. The van der Waals surface area contributed by atoms with Crippen LogP contribution in [0.3, 0.4) is 0 Å². The van der Waals surface area contributed by atoms with E-state index in [9.17, 15) is 0 Å². The van der Waals surface area contributed by atoms with E-state index in [0.29, 0.717) is 0 Å². The summed E-state index contributed by atoms with van der Waals surface area (Å²) in [6.07, 6.45) is 5.72. The van der Waals surface area contributed by atoms with Crippen LogP contribution >= 0.6 is 0 Å². The quantitative estimate of drug-likeness (QED) is 0.880. The van der Waals surface area contributed by atoms with Crippen molar-refractivity contribution < 1.29 is 4.74 Å². The van der Waals surface area contributed by atoms with Crippen LogP contribution in [0.4, 0.5) is 0 Å². The van der Waals surface area contributed by atoms with Crippen LogP contribution in [0.25, 0.3) is 0 Å². The summed E-state index contributed by atoms with van der Waals surface area (Å²) in [5.41, 5.74) is 9.17. The molecule has 0 amide bonds. The summed E-state index contributed by atoms with van der Waals surface area (Å²) in [6, 6.07) is 6.50. The van der Waals surface area contributed by atoms with Gasteiger partial charge in [-0.25, -0.2) is 0 Å². The Morgan fingerprint density at radius 2 is 2.00 bits per heavy atom. The summed E-state index contributed by atoms with van der Waals surface area (Å²) in [5.74, 6) is 2.71. The fourth-order valence-electron chi connectivity index (χ4n) is 3.70. The van der Waals surface area contributed by atoms with Crippen molar-refractivity contribution in [3.8, 4) is 5.75 Å². The second-order valence-corrected chi connectivity index (χ2v) is 6.63. The van der Waals surface area contributed by atoms with Crippen molar-refractivity contribution in [3.05, 3.63) is 29.3 Å². The highest BCUT2D eigenvalue weighted by molar-refractivity contribution is 5.47. The van der Waals surface area contributed by atoms with Crippen LogP contribution in [0.15, 0.2) is 18.2 Å². The lowest BCUT2D eigenvalue weighted by Gasteiger charge is -2.39. The largest absolute Gasteiger partial charge is 0.493 e. The molecule has 104 valence electrons. The highest BCUT2D eigenvalue weighted by Gasteiger charge is 2.37. The van der Waals surface area contributed by atoms with Gasteiger partial charge in [-0.05, 0) is 43.1 Å². The Labute approximate surface area is 116 Å². The minimum atomic E-state index is -0.166. The molecule has 2 heteroatoms. The second-order valence-electron chi connectivity index (χ2n) is 6.63. The zero-order chi connectivity index (χ0) is 13.5. The van der Waals surface area contributed by atoms with Gasteiger partial charge >= 0.3 is 0 Å². The molecule has 2 nitrogen and oxygen atoms in total. The van der Waals surface area contributed by atoms with Gasteiger partial charge in [0.1, 0.15) is 5.75 Å². The third-order valence-corrected chi connectivity index (χ3v) is 5.12. The molecular formula is C17H25NO. The number of rotatable bonds is 2. The van der Waals surface area contributed by atoms with E-state index in [1.54, 1.807) is 0 Å². The molecule has 2 N–H and O–H groups in total. The van der Waals surface area contributed by atoms with Crippen LogP contribution in [0.1, 0.15) is 50.7 Å². The maximum Gasteiger partial charge on any atom is 0.127 e. The van der Waals surface area contributed by atoms with Crippen LogP contribution in [0.5, 0.6) is 5.75 Å². The lowest BCUT2D eigenvalue weighted by atomic mass is 9.70. The molecule has 1 aliphatic heterocycles. The number of nitrogens with two attached hydrogens (primary N) is 1. The molecule has 0 unspecified atom stereocenters. The number of hydrogen-bond acceptors (Lipinski definition) is 2. The molecule has 0 bridgehead atoms. The van der Waals surface area contributed by atoms with E-state index in [1.807, 2.05) is 0 Å². The smallest absolute Gasteiger partial charge is 0.127 e. The molecule has 0 aromatic heterocycles. The Kier molecular flexibility index (Phi) is 3.30. The van der Waals surface area contributed by atoms with Crippen molar-refractivity contribution >= 4 is 0 Å². The van der Waals surface area contributed by atoms with E-state index < -0.39 is 0 Å². The molecule has 1 aromatic carbocycles. The van der Waals surface area contributed by atoms with E-state index >= 15 is 0 Å². The van der Waals surface area contributed by atoms with Gasteiger partial charge in [0.2, 0.25) is 0 Å². The van der Waals surface area contributed by atoms with Crippen LogP contribution < -0.4 is 10.5 Å². The van der Waals surface area contributed by atoms with Crippen molar-refractivity contribution in [1.82, 2.24) is 0 Å². The fourth-order valence-corrected chi connectivity index (χ4v) is 3.70. The molecule has 0 radical (unpaired) electrons. The SMILES string of the molecule is CC(C)C1CCC(N)(c2cccc3c2OCC3)CC1. The molecule has 1 saturated carbocycles. The summed E-state index contributed by atoms with van der Waals surface area (Å²) in [6.45, 7) is 5.48. The molecule has 0 atom stereocenters. The lowest BCUT2D eigenvalue weighted by molar-refractivity contribution is 0.192. The Bertz CT molecular complexity index is 458. The van der Waals surface area contributed by atoms with Crippen LogP contribution in [0.2, 0.25) is 0 Å². The molecule has 1 aliphatic carbocycles. The average Bonchev–Trinajstić information content (AvgIpc) is 2.87. The number of hydrogen-bond donors (Lipinski definition) is 1. The number of fused-ring (bicyclic) bond motifs is 1. The van der Waals surface area contributed by atoms with Crippen molar-refractivity contribution in [1.29, 1.82) is 0 Å². The molecule has 0 spiro atoms. The van der Waals surface area contributed by atoms with Crippen LogP contribution in [-0.4, -0.2) is 6.61 Å². The molecule has 1 aromatic rings. The molecule has 2 aliphatic rings. The second kappa shape index (κ2) is 4.82. The lowest BCUT2D eigenvalue weighted by Crippen LogP contribution is -2.41. The monoisotopic (exact) mass is 259 g/mol. The summed E-state index contributed by atoms with van der Waals surface area (Å²) in [4.78, 5) is 0. The Balaban J connectivity index is 1.85. The van der Waals surface area contributed by atoms with Crippen molar-refractivity contribution in [2.24, 2.45) is 17.6 Å². The summed E-state index contributed by atoms with van der Waals surface area (Å²) in [5, 5.41) is 0. The predicted molar refractivity (Wildman–Crippen MR) is 78.3 cm³/mol. The minimum absolute atomic E-state index is 0.166. The molecule has 3 rings (SSSR count). The zero-order valence-corrected chi connectivity index (χ0v) is 12.1. The Morgan fingerprint density at radius 1 is 1.26 bits per heavy atom. The molecule has 1 heterocycles. The molecule has 1 fully saturated rings. The highest BCUT2D eigenvalue weighted by Crippen LogP contribution is 2.44. The predicted octanol–water partition coefficient (Wildman–Crippen LogP) is 3.62. The fraction of sp³-hybridized carbons (Fsp3) is 0.647. The van der Waals surface area contributed by atoms with Gasteiger partial charge in [-0.2, -0.15) is 0 Å². The van der Waals surface area contributed by atoms with Crippen molar-refractivity contribution in [2.75, 3.05) is 6.61 Å². The number of ether oxygens (including phenoxy) is 1. The Morgan fingerprint density at radius 3 is 2.68 bits per heavy atom. The molecular weight excluding hydrogens is 234 g/mol. The maximum atomic E-state index is 6.74. The first-order valence-corrected chi connectivity index (χ1v) is 7.64. The van der Waals surface area contributed by atoms with Crippen molar-refractivity contribution in [2.45, 2.75) is 51.5 Å². The van der Waals surface area contributed by atoms with Gasteiger partial charge in [-0.1, -0.05) is 32.0 Å². The van der Waals surface area contributed by atoms with Gasteiger partial charge in [-0.3, -0.25) is 0 Å². The van der Waals surface area contributed by atoms with E-state index in [0.717, 1.165) is 43.5 Å². The summed E-state index contributed by atoms with van der Waals surface area (Å²) >= 11 is 0. The zero-order valence-electron chi connectivity index (χ0n) is 12.1. The first-order chi connectivity index (χ1) is 9.10. The van der Waals surface area contributed by atoms with E-state index in [-0.39, 0.29) is 5.54 Å². The third-order valence-electron chi connectivity index (χ3n) is 5.12. The van der Waals surface area contributed by atoms with Gasteiger partial charge in [0.25, 0.3) is 0 Å². The van der Waals surface area contributed by atoms with Crippen LogP contribution in [-0.2, 0) is 12.0 Å². The van der Waals surface area contributed by atoms with Crippen LogP contribution in [0, 0.1) is 11.8 Å². The van der Waals surface area contributed by atoms with E-state index in [2.05, 4.69) is 32.0 Å². The summed E-state index contributed by atoms with van der Waals surface area (Å²) < 4.78 is 5.84. The standard InChI is InChI=1S/C17H25NO/c1-12(2)13-6-9-17(18,10-7-13)15-5-3-4-14-8-11-19-16(14)15/h3-5,12-13H,6-11,18H2,1-2H3. The number of para-hydroxylation sites is 1. The normalized spacial score (nSPS) is 30.2. The van der Waals surface area contributed by atoms with Gasteiger partial charge in [0, 0.05) is 17.5 Å². The summed E-state index contributed by atoms with van der Waals surface area (Å²) in [7, 11) is 0. The van der Waals surface area contributed by atoms with Gasteiger partial charge < -0.3 is 10.5 Å². The maximum absolute atomic E-state index is 6.74. The van der Waals surface area contributed by atoms with Gasteiger partial charge in [-0.15, -0.1) is 0 Å². The Hall–Kier alpha value is -1.02. The number of benzene rings is 1. The topological polar surface area (TPSA) is 35.2 Å². The molecule has 19 heavy (non-hydrogen) atoms. The third kappa shape index (κ3) is 2.27. The highest BCUT2D eigenvalue weighted by atomic mass is 16.5. The van der Waals surface area contributed by atoms with E-state index in [1.165, 1.54) is 24.0 Å². The average molecular weight is 259 g/mol. The van der Waals surface area contributed by atoms with Crippen molar-refractivity contribution in [3.63, 3.8) is 0 Å². The first kappa shape index (κ1) is 13.0. The van der Waals surface area contributed by atoms with E-state index in [4.69, 9.17) is 10.5 Å². The van der Waals surface area contributed by atoms with Gasteiger partial charge in [0.15, 0.2) is 0 Å². The minimum Gasteiger partial charge on any atom is -0.493 e. The molecule has 0 saturated heterocycles. The van der Waals surface area contributed by atoms with Gasteiger partial charge in [0.05, 0.1) is 6.61 Å².